The molecule has 0 radical (unpaired) electrons. The second kappa shape index (κ2) is 6.73. The molecule has 3 rings (SSSR count). The molecular formula is C15H17ClN6O2. The highest BCUT2D eigenvalue weighted by atomic mass is 35.5. The van der Waals surface area contributed by atoms with E-state index in [-0.39, 0.29) is 6.04 Å². The summed E-state index contributed by atoms with van der Waals surface area (Å²) >= 11 is 6.21. The van der Waals surface area contributed by atoms with E-state index in [1.54, 1.807) is 13.0 Å². The zero-order valence-electron chi connectivity index (χ0n) is 13.3. The predicted molar refractivity (Wildman–Crippen MR) is 86.5 cm³/mol. The molecule has 0 spiro atoms. The Balaban J connectivity index is 1.71. The number of aromatic nitrogens is 3. The van der Waals surface area contributed by atoms with E-state index in [2.05, 4.69) is 15.2 Å². The van der Waals surface area contributed by atoms with Crippen molar-refractivity contribution in [2.75, 3.05) is 25.0 Å². The van der Waals surface area contributed by atoms with Gasteiger partial charge in [-0.15, -0.1) is 10.2 Å². The van der Waals surface area contributed by atoms with E-state index in [9.17, 15) is 5.11 Å². The van der Waals surface area contributed by atoms with Crippen LogP contribution >= 0.6 is 11.6 Å². The average molecular weight is 349 g/mol. The standard InChI is InChI=1S/C15H17ClN6O2/c1-9-19-20-14(24-9)8-21(2)12-6-22(7-13(12)23)15-11(16)3-10(4-17)5-18-15/h3,5,12-13,23H,6-8H2,1-2H3/t12-,13-/m1/s1. The molecule has 1 N–H and O–H groups in total. The number of nitrogens with zero attached hydrogens (tertiary/aromatic N) is 6. The first kappa shape index (κ1) is 16.6. The molecule has 1 aliphatic heterocycles. The van der Waals surface area contributed by atoms with Crippen LogP contribution in [0.4, 0.5) is 5.82 Å². The molecule has 9 heteroatoms. The minimum atomic E-state index is -0.562. The Kier molecular flexibility index (Phi) is 4.66. The molecule has 126 valence electrons. The zero-order valence-corrected chi connectivity index (χ0v) is 14.1. The third-order valence-corrected chi connectivity index (χ3v) is 4.31. The largest absolute Gasteiger partial charge is 0.424 e. The van der Waals surface area contributed by atoms with Crippen molar-refractivity contribution in [1.29, 1.82) is 5.26 Å². The number of hydrogen-bond donors (Lipinski definition) is 1. The van der Waals surface area contributed by atoms with Gasteiger partial charge >= 0.3 is 0 Å². The van der Waals surface area contributed by atoms with Gasteiger partial charge in [-0.3, -0.25) is 4.90 Å². The summed E-state index contributed by atoms with van der Waals surface area (Å²) in [5, 5.41) is 27.5. The lowest BCUT2D eigenvalue weighted by atomic mass is 10.2. The number of rotatable bonds is 4. The molecule has 2 aromatic heterocycles. The van der Waals surface area contributed by atoms with E-state index in [4.69, 9.17) is 21.3 Å². The average Bonchev–Trinajstić information content (AvgIpc) is 3.13. The number of aliphatic hydroxyl groups excluding tert-OH is 1. The van der Waals surface area contributed by atoms with Crippen molar-refractivity contribution in [2.45, 2.75) is 25.6 Å². The van der Waals surface area contributed by atoms with Crippen LogP contribution in [0.25, 0.3) is 0 Å². The number of nitriles is 1. The molecule has 1 aliphatic rings. The van der Waals surface area contributed by atoms with Crippen molar-refractivity contribution in [3.63, 3.8) is 0 Å². The molecule has 0 saturated carbocycles. The van der Waals surface area contributed by atoms with Gasteiger partial charge in [0.25, 0.3) is 0 Å². The molecule has 0 aliphatic carbocycles. The number of aryl methyl sites for hydroxylation is 1. The van der Waals surface area contributed by atoms with E-state index >= 15 is 0 Å². The Morgan fingerprint density at radius 3 is 2.92 bits per heavy atom. The van der Waals surface area contributed by atoms with E-state index in [0.717, 1.165) is 0 Å². The Morgan fingerprint density at radius 1 is 1.50 bits per heavy atom. The van der Waals surface area contributed by atoms with Crippen LogP contribution in [0.2, 0.25) is 5.02 Å². The van der Waals surface area contributed by atoms with E-state index in [0.29, 0.717) is 47.8 Å². The van der Waals surface area contributed by atoms with Crippen LogP contribution in [0.15, 0.2) is 16.7 Å². The first-order valence-electron chi connectivity index (χ1n) is 7.46. The zero-order chi connectivity index (χ0) is 17.3. The molecule has 2 atom stereocenters. The lowest BCUT2D eigenvalue weighted by Gasteiger charge is -2.25. The van der Waals surface area contributed by atoms with Gasteiger partial charge in [0.1, 0.15) is 11.9 Å². The Labute approximate surface area is 144 Å². The number of likely N-dealkylation sites (N-methyl/N-ethyl adjacent to an activating group) is 1. The first-order chi connectivity index (χ1) is 11.5. The number of aliphatic hydroxyl groups is 1. The lowest BCUT2D eigenvalue weighted by Crippen LogP contribution is -2.40. The maximum Gasteiger partial charge on any atom is 0.230 e. The molecule has 1 saturated heterocycles. The quantitative estimate of drug-likeness (QED) is 0.872. The van der Waals surface area contributed by atoms with E-state index in [1.165, 1.54) is 6.20 Å². The summed E-state index contributed by atoms with van der Waals surface area (Å²) in [5.74, 6) is 1.59. The Bertz CT molecular complexity index is 774. The van der Waals surface area contributed by atoms with Gasteiger partial charge < -0.3 is 14.4 Å². The van der Waals surface area contributed by atoms with Crippen molar-refractivity contribution in [2.24, 2.45) is 0 Å². The normalized spacial score (nSPS) is 20.6. The van der Waals surface area contributed by atoms with Crippen molar-refractivity contribution in [1.82, 2.24) is 20.1 Å². The highest BCUT2D eigenvalue weighted by Crippen LogP contribution is 2.28. The van der Waals surface area contributed by atoms with Crippen molar-refractivity contribution >= 4 is 17.4 Å². The molecule has 0 bridgehead atoms. The van der Waals surface area contributed by atoms with Crippen LogP contribution in [0.3, 0.4) is 0 Å². The summed E-state index contributed by atoms with van der Waals surface area (Å²) in [6.07, 6.45) is 0.916. The highest BCUT2D eigenvalue weighted by molar-refractivity contribution is 6.33. The second-order valence-corrected chi connectivity index (χ2v) is 6.22. The smallest absolute Gasteiger partial charge is 0.230 e. The molecule has 0 unspecified atom stereocenters. The maximum atomic E-state index is 10.4. The highest BCUT2D eigenvalue weighted by Gasteiger charge is 2.36. The third kappa shape index (κ3) is 3.33. The minimum Gasteiger partial charge on any atom is -0.424 e. The van der Waals surface area contributed by atoms with Crippen molar-refractivity contribution in [3.05, 3.63) is 34.6 Å². The topological polar surface area (TPSA) is 102 Å². The number of hydrogen-bond acceptors (Lipinski definition) is 8. The van der Waals surface area contributed by atoms with E-state index in [1.807, 2.05) is 22.9 Å². The van der Waals surface area contributed by atoms with Gasteiger partial charge in [0.15, 0.2) is 0 Å². The molecule has 24 heavy (non-hydrogen) atoms. The fraction of sp³-hybridized carbons (Fsp3) is 0.467. The predicted octanol–water partition coefficient (Wildman–Crippen LogP) is 0.980. The summed E-state index contributed by atoms with van der Waals surface area (Å²) in [4.78, 5) is 8.13. The van der Waals surface area contributed by atoms with Crippen LogP contribution in [-0.2, 0) is 6.54 Å². The van der Waals surface area contributed by atoms with Crippen LogP contribution < -0.4 is 4.90 Å². The van der Waals surface area contributed by atoms with E-state index < -0.39 is 6.10 Å². The van der Waals surface area contributed by atoms with Gasteiger partial charge in [-0.1, -0.05) is 11.6 Å². The molecule has 2 aromatic rings. The summed E-state index contributed by atoms with van der Waals surface area (Å²) < 4.78 is 5.38. The Morgan fingerprint density at radius 2 is 2.29 bits per heavy atom. The number of pyridine rings is 1. The van der Waals surface area contributed by atoms with Crippen LogP contribution in [0, 0.1) is 18.3 Å². The van der Waals surface area contributed by atoms with Gasteiger partial charge in [0.2, 0.25) is 11.8 Å². The molecular weight excluding hydrogens is 332 g/mol. The minimum absolute atomic E-state index is 0.120. The van der Waals surface area contributed by atoms with Crippen LogP contribution in [0.1, 0.15) is 17.3 Å². The van der Waals surface area contributed by atoms with Gasteiger partial charge in [0.05, 0.1) is 29.3 Å². The summed E-state index contributed by atoms with van der Waals surface area (Å²) in [7, 11) is 1.89. The van der Waals surface area contributed by atoms with Crippen molar-refractivity contribution < 1.29 is 9.52 Å². The fourth-order valence-electron chi connectivity index (χ4n) is 2.83. The fourth-order valence-corrected chi connectivity index (χ4v) is 3.12. The van der Waals surface area contributed by atoms with Crippen molar-refractivity contribution in [3.8, 4) is 6.07 Å². The van der Waals surface area contributed by atoms with Gasteiger partial charge in [0, 0.05) is 26.2 Å². The molecule has 0 aromatic carbocycles. The Hall–Kier alpha value is -2.21. The number of anilines is 1. The monoisotopic (exact) mass is 348 g/mol. The summed E-state index contributed by atoms with van der Waals surface area (Å²) in [6, 6.07) is 3.46. The van der Waals surface area contributed by atoms with Gasteiger partial charge in [-0.2, -0.15) is 5.26 Å². The lowest BCUT2D eigenvalue weighted by molar-refractivity contribution is 0.0903. The number of β-amino-alcohol motifs (C(OH)–C–C–N with tert-alkyl or cyclic N) is 1. The van der Waals surface area contributed by atoms with Gasteiger partial charge in [-0.05, 0) is 13.1 Å². The third-order valence-electron chi connectivity index (χ3n) is 4.03. The number of halogens is 1. The maximum absolute atomic E-state index is 10.4. The van der Waals surface area contributed by atoms with Crippen LogP contribution in [-0.4, -0.2) is 57.5 Å². The first-order valence-corrected chi connectivity index (χ1v) is 7.83. The summed E-state index contributed by atoms with van der Waals surface area (Å²) in [6.45, 7) is 3.16. The molecule has 1 fully saturated rings. The summed E-state index contributed by atoms with van der Waals surface area (Å²) in [5.41, 5.74) is 0.406. The SMILES string of the molecule is Cc1nnc(CN(C)[C@@H]2CN(c3ncc(C#N)cc3Cl)C[C@H]2O)o1. The van der Waals surface area contributed by atoms with Crippen LogP contribution in [0.5, 0.6) is 0 Å². The molecule has 0 amide bonds. The van der Waals surface area contributed by atoms with Gasteiger partial charge in [-0.25, -0.2) is 4.98 Å². The molecule has 8 nitrogen and oxygen atoms in total. The molecule has 3 heterocycles. The second-order valence-electron chi connectivity index (χ2n) is 5.81.